The fourth-order valence-corrected chi connectivity index (χ4v) is 6.73. The monoisotopic (exact) mass is 285 g/mol. The molecule has 3 nitrogen and oxygen atoms in total. The van der Waals surface area contributed by atoms with Crippen molar-refractivity contribution in [3.05, 3.63) is 30.3 Å². The van der Waals surface area contributed by atoms with Crippen molar-refractivity contribution >= 4 is 43.8 Å². The van der Waals surface area contributed by atoms with Gasteiger partial charge in [0.2, 0.25) is 0 Å². The quantitative estimate of drug-likeness (QED) is 0.734. The lowest BCUT2D eigenvalue weighted by Crippen LogP contribution is -2.36. The van der Waals surface area contributed by atoms with Gasteiger partial charge in [-0.25, -0.2) is 8.42 Å². The van der Waals surface area contributed by atoms with Crippen molar-refractivity contribution in [2.45, 2.75) is 11.3 Å². The molecule has 2 heterocycles. The lowest BCUT2D eigenvalue weighted by atomic mass is 10.2. The molecule has 0 spiro atoms. The van der Waals surface area contributed by atoms with Crippen molar-refractivity contribution in [3.63, 3.8) is 0 Å². The number of anilines is 1. The van der Waals surface area contributed by atoms with E-state index in [1.807, 2.05) is 35.2 Å². The number of rotatable bonds is 1. The normalized spacial score (nSPS) is 30.6. The highest BCUT2D eigenvalue weighted by Gasteiger charge is 2.48. The molecule has 1 aromatic carbocycles. The van der Waals surface area contributed by atoms with Gasteiger partial charge in [0.05, 0.1) is 17.5 Å². The molecule has 90 valence electrons. The van der Waals surface area contributed by atoms with Crippen molar-refractivity contribution in [2.75, 3.05) is 16.4 Å². The standard InChI is InChI=1S/C11H11NO2S3/c13-17(14)6-9-10(7-17)16-11(15)12(9)8-4-2-1-3-5-8/h1-5,9-10H,6-7H2/t9-,10+/m0/s1. The van der Waals surface area contributed by atoms with Gasteiger partial charge in [-0.1, -0.05) is 42.2 Å². The minimum Gasteiger partial charge on any atom is -0.322 e. The van der Waals surface area contributed by atoms with E-state index in [0.29, 0.717) is 0 Å². The predicted molar refractivity (Wildman–Crippen MR) is 75.3 cm³/mol. The van der Waals surface area contributed by atoms with Crippen LogP contribution in [0, 0.1) is 0 Å². The minimum atomic E-state index is -2.89. The van der Waals surface area contributed by atoms with Gasteiger partial charge < -0.3 is 4.90 Å². The second-order valence-electron chi connectivity index (χ2n) is 4.27. The summed E-state index contributed by atoms with van der Waals surface area (Å²) >= 11 is 6.87. The Bertz CT molecular complexity index is 555. The number of thioether (sulfide) groups is 1. The van der Waals surface area contributed by atoms with Gasteiger partial charge in [-0.05, 0) is 12.1 Å². The first-order valence-corrected chi connectivity index (χ1v) is 8.43. The maximum absolute atomic E-state index is 11.6. The van der Waals surface area contributed by atoms with E-state index >= 15 is 0 Å². The molecular formula is C11H11NO2S3. The van der Waals surface area contributed by atoms with Gasteiger partial charge >= 0.3 is 0 Å². The molecule has 2 atom stereocenters. The Morgan fingerprint density at radius 3 is 2.65 bits per heavy atom. The maximum atomic E-state index is 11.6. The third-order valence-electron chi connectivity index (χ3n) is 3.09. The van der Waals surface area contributed by atoms with Gasteiger partial charge in [0, 0.05) is 10.9 Å². The van der Waals surface area contributed by atoms with Crippen LogP contribution in [0.25, 0.3) is 0 Å². The first-order valence-electron chi connectivity index (χ1n) is 5.32. The molecule has 1 aromatic rings. The highest BCUT2D eigenvalue weighted by molar-refractivity contribution is 8.24. The van der Waals surface area contributed by atoms with E-state index in [1.165, 1.54) is 11.8 Å². The summed E-state index contributed by atoms with van der Waals surface area (Å²) in [4.78, 5) is 2.00. The Kier molecular flexibility index (Phi) is 2.68. The lowest BCUT2D eigenvalue weighted by Gasteiger charge is -2.23. The number of hydrogen-bond donors (Lipinski definition) is 0. The summed E-state index contributed by atoms with van der Waals surface area (Å²) in [5.41, 5.74) is 0.995. The molecule has 0 radical (unpaired) electrons. The van der Waals surface area contributed by atoms with Crippen LogP contribution in [-0.2, 0) is 9.84 Å². The van der Waals surface area contributed by atoms with E-state index < -0.39 is 9.84 Å². The fraction of sp³-hybridized carbons (Fsp3) is 0.364. The van der Waals surface area contributed by atoms with E-state index in [1.54, 1.807) is 0 Å². The van der Waals surface area contributed by atoms with E-state index in [2.05, 4.69) is 0 Å². The molecule has 6 heteroatoms. The van der Waals surface area contributed by atoms with Crippen molar-refractivity contribution in [2.24, 2.45) is 0 Å². The summed E-state index contributed by atoms with van der Waals surface area (Å²) in [6, 6.07) is 9.79. The average molecular weight is 285 g/mol. The minimum absolute atomic E-state index is 0.0138. The summed E-state index contributed by atoms with van der Waals surface area (Å²) < 4.78 is 24.1. The van der Waals surface area contributed by atoms with Crippen LogP contribution in [0.1, 0.15) is 0 Å². The number of fused-ring (bicyclic) bond motifs is 1. The topological polar surface area (TPSA) is 37.4 Å². The van der Waals surface area contributed by atoms with Crippen molar-refractivity contribution in [1.29, 1.82) is 0 Å². The number of nitrogens with zero attached hydrogens (tertiary/aromatic N) is 1. The third-order valence-corrected chi connectivity index (χ3v) is 6.68. The molecule has 2 saturated heterocycles. The smallest absolute Gasteiger partial charge is 0.153 e. The van der Waals surface area contributed by atoms with E-state index in [-0.39, 0.29) is 22.8 Å². The van der Waals surface area contributed by atoms with Crippen LogP contribution in [0.5, 0.6) is 0 Å². The largest absolute Gasteiger partial charge is 0.322 e. The SMILES string of the molecule is O=S1(=O)C[C@H]2SC(=S)N(c3ccccc3)[C@H]2C1. The van der Waals surface area contributed by atoms with E-state index in [4.69, 9.17) is 12.2 Å². The molecule has 0 N–H and O–H groups in total. The van der Waals surface area contributed by atoms with Gasteiger partial charge in [0.25, 0.3) is 0 Å². The molecule has 3 rings (SSSR count). The van der Waals surface area contributed by atoms with Gasteiger partial charge in [-0.3, -0.25) is 0 Å². The highest BCUT2D eigenvalue weighted by Crippen LogP contribution is 2.40. The zero-order chi connectivity index (χ0) is 12.0. The van der Waals surface area contributed by atoms with E-state index in [9.17, 15) is 8.42 Å². The van der Waals surface area contributed by atoms with Crippen LogP contribution < -0.4 is 4.90 Å². The number of hydrogen-bond acceptors (Lipinski definition) is 4. The first-order chi connectivity index (χ1) is 8.07. The summed E-state index contributed by atoms with van der Waals surface area (Å²) in [7, 11) is -2.89. The Hall–Kier alpha value is -0.590. The Balaban J connectivity index is 1.98. The number of para-hydroxylation sites is 1. The van der Waals surface area contributed by atoms with E-state index in [0.717, 1.165) is 10.0 Å². The second kappa shape index (κ2) is 3.96. The number of benzene rings is 1. The van der Waals surface area contributed by atoms with Crippen LogP contribution in [-0.4, -0.2) is 35.5 Å². The number of thiocarbonyl (C=S) groups is 1. The molecule has 2 aliphatic heterocycles. The molecule has 0 saturated carbocycles. The average Bonchev–Trinajstić information content (AvgIpc) is 2.69. The van der Waals surface area contributed by atoms with Gasteiger partial charge in [0.1, 0.15) is 4.32 Å². The zero-order valence-corrected chi connectivity index (χ0v) is 11.4. The Morgan fingerprint density at radius 1 is 1.24 bits per heavy atom. The van der Waals surface area contributed by atoms with Crippen LogP contribution in [0.15, 0.2) is 30.3 Å². The van der Waals surface area contributed by atoms with Crippen LogP contribution >= 0.6 is 24.0 Å². The number of sulfone groups is 1. The molecular weight excluding hydrogens is 274 g/mol. The third kappa shape index (κ3) is 1.98. The highest BCUT2D eigenvalue weighted by atomic mass is 32.2. The summed E-state index contributed by atoms with van der Waals surface area (Å²) in [5, 5.41) is 0.104. The molecule has 17 heavy (non-hydrogen) atoms. The molecule has 0 aromatic heterocycles. The molecule has 2 fully saturated rings. The predicted octanol–water partition coefficient (Wildman–Crippen LogP) is 1.69. The second-order valence-corrected chi connectivity index (χ2v) is 8.30. The fourth-order valence-electron chi connectivity index (χ4n) is 2.36. The van der Waals surface area contributed by atoms with Crippen molar-refractivity contribution in [3.8, 4) is 0 Å². The molecule has 2 aliphatic rings. The van der Waals surface area contributed by atoms with Gasteiger partial charge in [-0.2, -0.15) is 0 Å². The summed E-state index contributed by atoms with van der Waals surface area (Å²) in [6.45, 7) is 0. The summed E-state index contributed by atoms with van der Waals surface area (Å²) in [6.07, 6.45) is 0. The first kappa shape index (κ1) is 11.5. The zero-order valence-electron chi connectivity index (χ0n) is 8.94. The summed E-state index contributed by atoms with van der Waals surface area (Å²) in [5.74, 6) is 0.478. The van der Waals surface area contributed by atoms with Gasteiger partial charge in [0.15, 0.2) is 9.84 Å². The van der Waals surface area contributed by atoms with Crippen molar-refractivity contribution < 1.29 is 8.42 Å². The van der Waals surface area contributed by atoms with Crippen LogP contribution in [0.3, 0.4) is 0 Å². The molecule has 0 amide bonds. The van der Waals surface area contributed by atoms with Crippen LogP contribution in [0.2, 0.25) is 0 Å². The Morgan fingerprint density at radius 2 is 1.94 bits per heavy atom. The van der Waals surface area contributed by atoms with Crippen LogP contribution in [0.4, 0.5) is 5.69 Å². The van der Waals surface area contributed by atoms with Gasteiger partial charge in [-0.15, -0.1) is 0 Å². The lowest BCUT2D eigenvalue weighted by molar-refractivity contribution is 0.601. The van der Waals surface area contributed by atoms with Crippen molar-refractivity contribution in [1.82, 2.24) is 0 Å². The molecule has 0 unspecified atom stereocenters. The molecule has 0 bridgehead atoms. The maximum Gasteiger partial charge on any atom is 0.153 e. The Labute approximate surface area is 110 Å². The molecule has 0 aliphatic carbocycles.